The van der Waals surface area contributed by atoms with Gasteiger partial charge in [0.05, 0.1) is 0 Å². The molecule has 2 aromatic carbocycles. The smallest absolute Gasteiger partial charge is 0.244 e. The fourth-order valence-corrected chi connectivity index (χ4v) is 3.54. The average molecular weight is 443 g/mol. The van der Waals surface area contributed by atoms with Crippen LogP contribution in [0.4, 0.5) is 0 Å². The van der Waals surface area contributed by atoms with E-state index in [0.29, 0.717) is 13.2 Å². The van der Waals surface area contributed by atoms with Crippen LogP contribution in [-0.2, 0) is 11.2 Å². The maximum atomic E-state index is 12.2. The zero-order chi connectivity index (χ0) is 23.5. The number of benzene rings is 2. The predicted octanol–water partition coefficient (Wildman–Crippen LogP) is 6.61. The highest BCUT2D eigenvalue weighted by Gasteiger charge is 2.03. The number of para-hydroxylation sites is 1. The van der Waals surface area contributed by atoms with Crippen LogP contribution in [0.15, 0.2) is 84.1 Å². The van der Waals surface area contributed by atoms with Crippen molar-refractivity contribution in [1.29, 1.82) is 0 Å². The molecule has 0 fully saturated rings. The number of carbonyl (C=O) groups excluding carboxylic acids is 1. The summed E-state index contributed by atoms with van der Waals surface area (Å²) in [6, 6.07) is 16.0. The van der Waals surface area contributed by atoms with Crippen LogP contribution in [0.25, 0.3) is 17.0 Å². The summed E-state index contributed by atoms with van der Waals surface area (Å²) in [5, 5.41) is 4.16. The highest BCUT2D eigenvalue weighted by atomic mass is 16.5. The van der Waals surface area contributed by atoms with E-state index in [4.69, 9.17) is 4.74 Å². The lowest BCUT2D eigenvalue weighted by atomic mass is 10.1. The van der Waals surface area contributed by atoms with E-state index in [-0.39, 0.29) is 5.91 Å². The number of ether oxygens (including phenoxy) is 1. The summed E-state index contributed by atoms with van der Waals surface area (Å²) in [6.45, 7) is 7.55. The Hall–Kier alpha value is -3.53. The number of rotatable bonds is 11. The number of nitrogens with one attached hydrogen (secondary N) is 2. The molecule has 0 unspecified atom stereocenters. The summed E-state index contributed by atoms with van der Waals surface area (Å²) in [5.74, 6) is 0.729. The fourth-order valence-electron chi connectivity index (χ4n) is 3.54. The van der Waals surface area contributed by atoms with Crippen LogP contribution in [0.5, 0.6) is 5.75 Å². The molecule has 0 atom stereocenters. The Morgan fingerprint density at radius 1 is 1.03 bits per heavy atom. The van der Waals surface area contributed by atoms with E-state index < -0.39 is 0 Å². The molecule has 4 heteroatoms. The maximum Gasteiger partial charge on any atom is 0.244 e. The van der Waals surface area contributed by atoms with Crippen LogP contribution in [0, 0.1) is 0 Å². The van der Waals surface area contributed by atoms with Crippen LogP contribution < -0.4 is 10.1 Å². The Balaban J connectivity index is 1.39. The van der Waals surface area contributed by atoms with E-state index >= 15 is 0 Å². The summed E-state index contributed by atoms with van der Waals surface area (Å²) < 4.78 is 5.81. The fraction of sp³-hybridized carbons (Fsp3) is 0.276. The van der Waals surface area contributed by atoms with E-state index in [2.05, 4.69) is 55.4 Å². The minimum Gasteiger partial charge on any atom is -0.490 e. The molecule has 1 amide bonds. The molecule has 0 saturated heterocycles. The Morgan fingerprint density at radius 3 is 2.61 bits per heavy atom. The number of hydrogen-bond donors (Lipinski definition) is 2. The molecule has 4 nitrogen and oxygen atoms in total. The van der Waals surface area contributed by atoms with Gasteiger partial charge >= 0.3 is 0 Å². The second-order valence-corrected chi connectivity index (χ2v) is 8.48. The molecule has 1 aromatic heterocycles. The van der Waals surface area contributed by atoms with Crippen molar-refractivity contribution in [2.24, 2.45) is 0 Å². The largest absolute Gasteiger partial charge is 0.490 e. The third-order valence-corrected chi connectivity index (χ3v) is 5.45. The first-order chi connectivity index (χ1) is 16.0. The van der Waals surface area contributed by atoms with E-state index in [1.54, 1.807) is 6.08 Å². The normalized spacial score (nSPS) is 11.7. The molecule has 3 rings (SSSR count). The van der Waals surface area contributed by atoms with Crippen LogP contribution in [0.2, 0.25) is 0 Å². The molecule has 0 spiro atoms. The zero-order valence-corrected chi connectivity index (χ0v) is 19.9. The minimum absolute atomic E-state index is 0.0936. The van der Waals surface area contributed by atoms with Gasteiger partial charge in [-0.25, -0.2) is 0 Å². The number of allylic oxidation sites excluding steroid dienone is 3. The summed E-state index contributed by atoms with van der Waals surface area (Å²) in [7, 11) is 0. The molecular formula is C29H34N2O2. The van der Waals surface area contributed by atoms with Crippen LogP contribution in [0.1, 0.15) is 44.7 Å². The first-order valence-electron chi connectivity index (χ1n) is 11.5. The Kier molecular flexibility index (Phi) is 9.13. The van der Waals surface area contributed by atoms with Crippen LogP contribution in [-0.4, -0.2) is 24.0 Å². The van der Waals surface area contributed by atoms with Gasteiger partial charge in [0.1, 0.15) is 12.4 Å². The second-order valence-electron chi connectivity index (χ2n) is 8.48. The lowest BCUT2D eigenvalue weighted by Gasteiger charge is -2.05. The van der Waals surface area contributed by atoms with Gasteiger partial charge in [0.25, 0.3) is 0 Å². The number of aromatic amines is 1. The summed E-state index contributed by atoms with van der Waals surface area (Å²) in [6.07, 6.45) is 12.7. The number of hydrogen-bond acceptors (Lipinski definition) is 2. The number of aromatic nitrogens is 1. The molecule has 0 bridgehead atoms. The lowest BCUT2D eigenvalue weighted by Crippen LogP contribution is -2.23. The predicted molar refractivity (Wildman–Crippen MR) is 138 cm³/mol. The van der Waals surface area contributed by atoms with Crippen LogP contribution in [0.3, 0.4) is 0 Å². The van der Waals surface area contributed by atoms with Gasteiger partial charge in [-0.1, -0.05) is 47.6 Å². The molecule has 0 radical (unpaired) electrons. The third kappa shape index (κ3) is 8.15. The van der Waals surface area contributed by atoms with Gasteiger partial charge in [0, 0.05) is 29.7 Å². The van der Waals surface area contributed by atoms with Crippen molar-refractivity contribution in [3.05, 3.63) is 95.2 Å². The van der Waals surface area contributed by atoms with E-state index in [9.17, 15) is 4.79 Å². The van der Waals surface area contributed by atoms with Gasteiger partial charge in [0.15, 0.2) is 0 Å². The summed E-state index contributed by atoms with van der Waals surface area (Å²) >= 11 is 0. The topological polar surface area (TPSA) is 54.1 Å². The number of H-pyrrole nitrogens is 1. The van der Waals surface area contributed by atoms with Gasteiger partial charge in [-0.2, -0.15) is 0 Å². The first-order valence-corrected chi connectivity index (χ1v) is 11.5. The van der Waals surface area contributed by atoms with Crippen molar-refractivity contribution in [2.45, 2.75) is 40.0 Å². The molecule has 33 heavy (non-hydrogen) atoms. The van der Waals surface area contributed by atoms with Crippen molar-refractivity contribution >= 4 is 22.9 Å². The monoisotopic (exact) mass is 442 g/mol. The van der Waals surface area contributed by atoms with Crippen molar-refractivity contribution in [3.63, 3.8) is 0 Å². The molecule has 172 valence electrons. The molecule has 0 aliphatic rings. The molecular weight excluding hydrogens is 408 g/mol. The number of carbonyl (C=O) groups is 1. The zero-order valence-electron chi connectivity index (χ0n) is 19.9. The molecule has 0 aliphatic carbocycles. The number of fused-ring (bicyclic) bond motifs is 1. The summed E-state index contributed by atoms with van der Waals surface area (Å²) in [5.41, 5.74) is 5.99. The quantitative estimate of drug-likeness (QED) is 0.259. The molecule has 2 N–H and O–H groups in total. The summed E-state index contributed by atoms with van der Waals surface area (Å²) in [4.78, 5) is 15.4. The first kappa shape index (κ1) is 24.1. The molecule has 0 aliphatic heterocycles. The van der Waals surface area contributed by atoms with Crippen molar-refractivity contribution in [1.82, 2.24) is 10.3 Å². The SMILES string of the molecule is CC(C)=CCC/C(C)=C/COc1ccc(/C=C/C(=O)NCCc2c[nH]c3ccccc23)cc1. The van der Waals surface area contributed by atoms with E-state index in [1.165, 1.54) is 22.1 Å². The Labute approximate surface area is 197 Å². The van der Waals surface area contributed by atoms with E-state index in [0.717, 1.165) is 36.1 Å². The third-order valence-electron chi connectivity index (χ3n) is 5.45. The van der Waals surface area contributed by atoms with E-state index in [1.807, 2.05) is 48.7 Å². The molecule has 1 heterocycles. The van der Waals surface area contributed by atoms with Crippen molar-refractivity contribution < 1.29 is 9.53 Å². The molecule has 0 saturated carbocycles. The van der Waals surface area contributed by atoms with Crippen LogP contribution >= 0.6 is 0 Å². The number of amides is 1. The highest BCUT2D eigenvalue weighted by Crippen LogP contribution is 2.18. The maximum absolute atomic E-state index is 12.2. The lowest BCUT2D eigenvalue weighted by molar-refractivity contribution is -0.116. The minimum atomic E-state index is -0.0936. The Morgan fingerprint density at radius 2 is 1.82 bits per heavy atom. The Bertz CT molecular complexity index is 1130. The van der Waals surface area contributed by atoms with Crippen molar-refractivity contribution in [2.75, 3.05) is 13.2 Å². The van der Waals surface area contributed by atoms with Crippen molar-refractivity contribution in [3.8, 4) is 5.75 Å². The highest BCUT2D eigenvalue weighted by molar-refractivity contribution is 5.91. The average Bonchev–Trinajstić information content (AvgIpc) is 3.21. The van der Waals surface area contributed by atoms with Gasteiger partial charge in [-0.3, -0.25) is 4.79 Å². The van der Waals surface area contributed by atoms with Gasteiger partial charge in [-0.15, -0.1) is 0 Å². The van der Waals surface area contributed by atoms with Gasteiger partial charge in [-0.05, 0) is 81.5 Å². The second kappa shape index (κ2) is 12.5. The van der Waals surface area contributed by atoms with Gasteiger partial charge in [0.2, 0.25) is 5.91 Å². The standard InChI is InChI=1S/C29H34N2O2/c1-22(2)7-6-8-23(3)18-20-33-26-14-11-24(12-15-26)13-16-29(32)30-19-17-25-21-31-28-10-5-4-9-27(25)28/h4-5,7,9-16,18,21,31H,6,8,17,19-20H2,1-3H3,(H,30,32)/b16-13+,23-18+. The van der Waals surface area contributed by atoms with Gasteiger partial charge < -0.3 is 15.0 Å². The molecule has 3 aromatic rings.